The fourth-order valence-corrected chi connectivity index (χ4v) is 3.45. The third-order valence-electron chi connectivity index (χ3n) is 4.10. The largest absolute Gasteiger partial charge is 0.351 e. The van der Waals surface area contributed by atoms with E-state index in [9.17, 15) is 4.79 Å². The highest BCUT2D eigenvalue weighted by atomic mass is 32.1. The molecule has 0 spiro atoms. The van der Waals surface area contributed by atoms with Crippen molar-refractivity contribution in [3.05, 3.63) is 71.9 Å². The molecule has 8 nitrogen and oxygen atoms in total. The molecule has 1 aromatic carbocycles. The van der Waals surface area contributed by atoms with Gasteiger partial charge >= 0.3 is 0 Å². The molecule has 0 fully saturated rings. The molecule has 5 rings (SSSR count). The molecule has 0 aliphatic heterocycles. The molecule has 0 unspecified atom stereocenters. The zero-order valence-corrected chi connectivity index (χ0v) is 15.1. The molecule has 0 aliphatic carbocycles. The second-order valence-corrected chi connectivity index (χ2v) is 6.85. The number of nitrogens with one attached hydrogen (secondary N) is 1. The van der Waals surface area contributed by atoms with Crippen LogP contribution in [-0.2, 0) is 0 Å². The number of carbonyl (C=O) groups is 1. The average molecular weight is 388 g/mol. The molecule has 0 bridgehead atoms. The maximum Gasteiger partial charge on any atom is 0.294 e. The molecule has 1 amide bonds. The van der Waals surface area contributed by atoms with Gasteiger partial charge < -0.3 is 9.84 Å². The van der Waals surface area contributed by atoms with Gasteiger partial charge in [-0.15, -0.1) is 21.5 Å². The number of thiophene rings is 1. The van der Waals surface area contributed by atoms with Crippen molar-refractivity contribution >= 4 is 28.6 Å². The predicted octanol–water partition coefficient (Wildman–Crippen LogP) is 3.76. The smallest absolute Gasteiger partial charge is 0.294 e. The summed E-state index contributed by atoms with van der Waals surface area (Å²) >= 11 is 1.59. The Hall–Kier alpha value is -3.85. The van der Waals surface area contributed by atoms with Crippen LogP contribution < -0.4 is 5.32 Å². The number of hydrogen-bond acceptors (Lipinski definition) is 7. The molecule has 0 saturated heterocycles. The Morgan fingerprint density at radius 1 is 1.04 bits per heavy atom. The lowest BCUT2D eigenvalue weighted by Gasteiger charge is -2.06. The van der Waals surface area contributed by atoms with E-state index < -0.39 is 0 Å². The average Bonchev–Trinajstić information content (AvgIpc) is 3.49. The van der Waals surface area contributed by atoms with E-state index in [2.05, 4.69) is 25.8 Å². The summed E-state index contributed by atoms with van der Waals surface area (Å²) in [6.07, 6.45) is 1.43. The van der Waals surface area contributed by atoms with Gasteiger partial charge in [-0.2, -0.15) is 9.61 Å². The van der Waals surface area contributed by atoms with Crippen LogP contribution in [0.4, 0.5) is 5.69 Å². The molecule has 4 aromatic heterocycles. The molecular formula is C19H12N6O2S. The molecule has 5 aromatic rings. The van der Waals surface area contributed by atoms with Crippen molar-refractivity contribution in [2.45, 2.75) is 0 Å². The van der Waals surface area contributed by atoms with Crippen LogP contribution in [0.3, 0.4) is 0 Å². The molecule has 0 atom stereocenters. The lowest BCUT2D eigenvalue weighted by atomic mass is 10.1. The van der Waals surface area contributed by atoms with E-state index in [0.717, 1.165) is 16.1 Å². The normalized spacial score (nSPS) is 11.0. The molecule has 0 radical (unpaired) electrons. The predicted molar refractivity (Wildman–Crippen MR) is 104 cm³/mol. The van der Waals surface area contributed by atoms with E-state index in [4.69, 9.17) is 4.52 Å². The van der Waals surface area contributed by atoms with Crippen molar-refractivity contribution in [2.75, 3.05) is 5.32 Å². The fraction of sp³-hybridized carbons (Fsp3) is 0. The third kappa shape index (κ3) is 2.93. The molecule has 1 N–H and O–H groups in total. The van der Waals surface area contributed by atoms with Crippen LogP contribution in [0.1, 0.15) is 10.6 Å². The van der Waals surface area contributed by atoms with Crippen LogP contribution in [0.5, 0.6) is 0 Å². The van der Waals surface area contributed by atoms with E-state index in [0.29, 0.717) is 17.2 Å². The Labute approximate surface area is 162 Å². The van der Waals surface area contributed by atoms with Gasteiger partial charge in [0.1, 0.15) is 0 Å². The summed E-state index contributed by atoms with van der Waals surface area (Å²) in [5, 5.41) is 21.4. The molecule has 136 valence electrons. The van der Waals surface area contributed by atoms with Gasteiger partial charge in [0.15, 0.2) is 11.5 Å². The molecule has 28 heavy (non-hydrogen) atoms. The summed E-state index contributed by atoms with van der Waals surface area (Å²) in [6.45, 7) is 0. The lowest BCUT2D eigenvalue weighted by molar-refractivity contribution is 0.0988. The van der Waals surface area contributed by atoms with Crippen molar-refractivity contribution < 1.29 is 9.32 Å². The van der Waals surface area contributed by atoms with Crippen LogP contribution in [0.25, 0.3) is 27.6 Å². The first-order valence-corrected chi connectivity index (χ1v) is 9.25. The summed E-state index contributed by atoms with van der Waals surface area (Å²) in [6, 6.07) is 16.6. The minimum absolute atomic E-state index is 0.157. The van der Waals surface area contributed by atoms with Gasteiger partial charge in [0.25, 0.3) is 5.91 Å². The zero-order chi connectivity index (χ0) is 18.9. The van der Waals surface area contributed by atoms with Gasteiger partial charge in [0.2, 0.25) is 5.76 Å². The van der Waals surface area contributed by atoms with Crippen molar-refractivity contribution in [3.63, 3.8) is 0 Å². The highest BCUT2D eigenvalue weighted by Gasteiger charge is 2.12. The van der Waals surface area contributed by atoms with E-state index in [-0.39, 0.29) is 11.7 Å². The Bertz CT molecular complexity index is 1240. The number of rotatable bonds is 4. The fourth-order valence-electron chi connectivity index (χ4n) is 2.75. The van der Waals surface area contributed by atoms with Gasteiger partial charge in [0.05, 0.1) is 16.8 Å². The summed E-state index contributed by atoms with van der Waals surface area (Å²) in [7, 11) is 0. The van der Waals surface area contributed by atoms with Crippen LogP contribution in [0.2, 0.25) is 0 Å². The number of anilines is 1. The Kier molecular flexibility index (Phi) is 3.91. The molecular weight excluding hydrogens is 376 g/mol. The summed E-state index contributed by atoms with van der Waals surface area (Å²) in [5.74, 6) is 0.516. The van der Waals surface area contributed by atoms with Gasteiger partial charge in [-0.05, 0) is 35.7 Å². The standard InChI is InChI=1S/C19H12N6O2S/c26-19(15-9-10-20-27-15)21-13-5-3-12(4-6-13)14-7-8-17-22-23-18(25(17)24-14)16-2-1-11-28-16/h1-11H,(H,21,26). The Morgan fingerprint density at radius 2 is 1.93 bits per heavy atom. The van der Waals surface area contributed by atoms with Crippen molar-refractivity contribution in [2.24, 2.45) is 0 Å². The molecule has 4 heterocycles. The maximum absolute atomic E-state index is 12.0. The summed E-state index contributed by atoms with van der Waals surface area (Å²) in [4.78, 5) is 13.0. The minimum Gasteiger partial charge on any atom is -0.351 e. The second-order valence-electron chi connectivity index (χ2n) is 5.90. The highest BCUT2D eigenvalue weighted by Crippen LogP contribution is 2.25. The Morgan fingerprint density at radius 3 is 2.68 bits per heavy atom. The zero-order valence-electron chi connectivity index (χ0n) is 14.3. The molecule has 0 aliphatic rings. The summed E-state index contributed by atoms with van der Waals surface area (Å²) in [5.41, 5.74) is 3.02. The third-order valence-corrected chi connectivity index (χ3v) is 4.97. The monoisotopic (exact) mass is 388 g/mol. The van der Waals surface area contributed by atoms with Crippen LogP contribution in [-0.4, -0.2) is 30.9 Å². The number of aromatic nitrogens is 5. The first kappa shape index (κ1) is 16.3. The van der Waals surface area contributed by atoms with Gasteiger partial charge in [0, 0.05) is 17.3 Å². The van der Waals surface area contributed by atoms with E-state index >= 15 is 0 Å². The lowest BCUT2D eigenvalue weighted by Crippen LogP contribution is -2.10. The molecule has 0 saturated carbocycles. The highest BCUT2D eigenvalue weighted by molar-refractivity contribution is 7.13. The van der Waals surface area contributed by atoms with Crippen molar-refractivity contribution in [1.29, 1.82) is 0 Å². The maximum atomic E-state index is 12.0. The number of benzene rings is 1. The number of hydrogen-bond donors (Lipinski definition) is 1. The second kappa shape index (κ2) is 6.71. The van der Waals surface area contributed by atoms with E-state index in [1.54, 1.807) is 15.9 Å². The SMILES string of the molecule is O=C(Nc1ccc(-c2ccc3nnc(-c4cccs4)n3n2)cc1)c1ccno1. The van der Waals surface area contributed by atoms with Crippen LogP contribution >= 0.6 is 11.3 Å². The minimum atomic E-state index is -0.352. The Balaban J connectivity index is 1.43. The van der Waals surface area contributed by atoms with Gasteiger partial charge in [-0.25, -0.2) is 0 Å². The number of nitrogens with zero attached hydrogens (tertiary/aromatic N) is 5. The number of fused-ring (bicyclic) bond motifs is 1. The first-order valence-electron chi connectivity index (χ1n) is 8.37. The number of amides is 1. The number of carbonyl (C=O) groups excluding carboxylic acids is 1. The quantitative estimate of drug-likeness (QED) is 0.503. The van der Waals surface area contributed by atoms with E-state index in [1.807, 2.05) is 53.9 Å². The first-order chi connectivity index (χ1) is 13.8. The van der Waals surface area contributed by atoms with Crippen LogP contribution in [0, 0.1) is 0 Å². The van der Waals surface area contributed by atoms with Crippen LogP contribution in [0.15, 0.2) is 70.7 Å². The van der Waals surface area contributed by atoms with E-state index in [1.165, 1.54) is 12.3 Å². The van der Waals surface area contributed by atoms with Crippen molar-refractivity contribution in [3.8, 4) is 22.0 Å². The topological polar surface area (TPSA) is 98.2 Å². The van der Waals surface area contributed by atoms with Gasteiger partial charge in [-0.1, -0.05) is 23.4 Å². The van der Waals surface area contributed by atoms with Crippen molar-refractivity contribution in [1.82, 2.24) is 25.0 Å². The summed E-state index contributed by atoms with van der Waals surface area (Å²) < 4.78 is 6.59. The van der Waals surface area contributed by atoms with Gasteiger partial charge in [-0.3, -0.25) is 4.79 Å². The molecule has 9 heteroatoms.